The van der Waals surface area contributed by atoms with Gasteiger partial charge in [-0.25, -0.2) is 4.98 Å². The zero-order valence-corrected chi connectivity index (χ0v) is 12.8. The van der Waals surface area contributed by atoms with Crippen LogP contribution in [-0.2, 0) is 0 Å². The average Bonchev–Trinajstić information content (AvgIpc) is 3.00. The number of thiazole rings is 1. The molecule has 0 aliphatic heterocycles. The maximum absolute atomic E-state index is 12.2. The summed E-state index contributed by atoms with van der Waals surface area (Å²) in [6.45, 7) is 7.39. The third-order valence-electron chi connectivity index (χ3n) is 3.78. The van der Waals surface area contributed by atoms with Crippen LogP contribution in [0.3, 0.4) is 0 Å². The van der Waals surface area contributed by atoms with Crippen molar-refractivity contribution in [1.82, 2.24) is 15.7 Å². The second kappa shape index (κ2) is 6.58. The standard InChI is InChI=1S/C16H16N4OS/c1-17-19-9-11-7-13(8-11)20-15(21)14-10-18-16(22-14)12-5-3-2-4-6-12/h2-6,10-11,13,19H,7-9H2,(H,20,21). The van der Waals surface area contributed by atoms with Crippen LogP contribution >= 0.6 is 11.3 Å². The summed E-state index contributed by atoms with van der Waals surface area (Å²) in [7, 11) is 0. The first-order valence-corrected chi connectivity index (χ1v) is 7.99. The quantitative estimate of drug-likeness (QED) is 0.659. The van der Waals surface area contributed by atoms with E-state index in [0.29, 0.717) is 17.3 Å². The summed E-state index contributed by atoms with van der Waals surface area (Å²) in [5.41, 5.74) is 3.68. The summed E-state index contributed by atoms with van der Waals surface area (Å²) in [6.07, 6.45) is 3.50. The summed E-state index contributed by atoms with van der Waals surface area (Å²) in [5, 5.41) is 3.89. The number of nitrogens with one attached hydrogen (secondary N) is 2. The van der Waals surface area contributed by atoms with E-state index in [-0.39, 0.29) is 11.9 Å². The zero-order valence-electron chi connectivity index (χ0n) is 12.0. The molecule has 1 amide bonds. The smallest absolute Gasteiger partial charge is 0.263 e. The van der Waals surface area contributed by atoms with Gasteiger partial charge in [-0.2, -0.15) is 11.5 Å². The lowest BCUT2D eigenvalue weighted by atomic mass is 9.80. The topological polar surface area (TPSA) is 58.4 Å². The van der Waals surface area contributed by atoms with Gasteiger partial charge in [-0.1, -0.05) is 30.3 Å². The van der Waals surface area contributed by atoms with Crippen LogP contribution in [0.1, 0.15) is 22.5 Å². The Balaban J connectivity index is 1.54. The number of rotatable bonds is 5. The van der Waals surface area contributed by atoms with E-state index < -0.39 is 0 Å². The second-order valence-electron chi connectivity index (χ2n) is 5.38. The molecule has 112 valence electrons. The molecule has 1 aromatic heterocycles. The summed E-state index contributed by atoms with van der Waals surface area (Å²) in [4.78, 5) is 20.3. The van der Waals surface area contributed by atoms with Crippen LogP contribution in [0.4, 0.5) is 0 Å². The van der Waals surface area contributed by atoms with E-state index in [4.69, 9.17) is 6.57 Å². The second-order valence-corrected chi connectivity index (χ2v) is 6.41. The lowest BCUT2D eigenvalue weighted by Crippen LogP contribution is -2.46. The van der Waals surface area contributed by atoms with Crippen molar-refractivity contribution in [3.8, 4) is 10.6 Å². The Bertz CT molecular complexity index is 686. The van der Waals surface area contributed by atoms with Crippen LogP contribution in [0, 0.1) is 12.5 Å². The van der Waals surface area contributed by atoms with Crippen molar-refractivity contribution < 1.29 is 4.79 Å². The third-order valence-corrected chi connectivity index (χ3v) is 4.83. The Labute approximate surface area is 133 Å². The molecule has 5 nitrogen and oxygen atoms in total. The molecule has 1 saturated carbocycles. The van der Waals surface area contributed by atoms with Crippen molar-refractivity contribution in [2.24, 2.45) is 5.92 Å². The predicted octanol–water partition coefficient (Wildman–Crippen LogP) is 2.74. The van der Waals surface area contributed by atoms with Gasteiger partial charge < -0.3 is 5.32 Å². The van der Waals surface area contributed by atoms with Crippen LogP contribution in [0.15, 0.2) is 36.5 Å². The fourth-order valence-electron chi connectivity index (χ4n) is 2.54. The molecule has 0 radical (unpaired) electrons. The Morgan fingerprint density at radius 3 is 2.86 bits per heavy atom. The number of nitrogens with zero attached hydrogens (tertiary/aromatic N) is 2. The Hall–Kier alpha value is -2.39. The normalized spacial score (nSPS) is 19.8. The number of carbonyl (C=O) groups is 1. The molecular weight excluding hydrogens is 296 g/mol. The van der Waals surface area contributed by atoms with Gasteiger partial charge in [-0.15, -0.1) is 16.8 Å². The molecular formula is C16H16N4OS. The van der Waals surface area contributed by atoms with E-state index in [9.17, 15) is 4.79 Å². The molecule has 2 N–H and O–H groups in total. The van der Waals surface area contributed by atoms with Gasteiger partial charge in [-0.3, -0.25) is 4.79 Å². The number of benzene rings is 1. The zero-order chi connectivity index (χ0) is 15.4. The lowest BCUT2D eigenvalue weighted by molar-refractivity contribution is 0.0894. The first-order valence-electron chi connectivity index (χ1n) is 7.17. The highest BCUT2D eigenvalue weighted by molar-refractivity contribution is 7.16. The number of carbonyl (C=O) groups excluding carboxylic acids is 1. The minimum atomic E-state index is -0.0544. The van der Waals surface area contributed by atoms with E-state index in [1.807, 2.05) is 30.3 Å². The third kappa shape index (κ3) is 3.26. The van der Waals surface area contributed by atoms with Gasteiger partial charge in [0.2, 0.25) is 0 Å². The average molecular weight is 312 g/mol. The number of hydrogen-bond acceptors (Lipinski definition) is 4. The van der Waals surface area contributed by atoms with Crippen LogP contribution in [-0.4, -0.2) is 23.5 Å². The largest absolute Gasteiger partial charge is 0.349 e. The Morgan fingerprint density at radius 1 is 1.36 bits per heavy atom. The Kier molecular flexibility index (Phi) is 4.35. The maximum Gasteiger partial charge on any atom is 0.263 e. The minimum absolute atomic E-state index is 0.0544. The predicted molar refractivity (Wildman–Crippen MR) is 86.1 cm³/mol. The van der Waals surface area contributed by atoms with Gasteiger partial charge in [0.05, 0.1) is 12.7 Å². The molecule has 0 unspecified atom stereocenters. The van der Waals surface area contributed by atoms with Gasteiger partial charge in [-0.05, 0) is 18.8 Å². The van der Waals surface area contributed by atoms with Crippen molar-refractivity contribution in [2.75, 3.05) is 6.54 Å². The van der Waals surface area contributed by atoms with Gasteiger partial charge in [0.1, 0.15) is 9.88 Å². The molecule has 0 bridgehead atoms. The molecule has 1 heterocycles. The number of aromatic nitrogens is 1. The highest BCUT2D eigenvalue weighted by Crippen LogP contribution is 2.28. The van der Waals surface area contributed by atoms with Gasteiger partial charge in [0, 0.05) is 11.6 Å². The van der Waals surface area contributed by atoms with Crippen LogP contribution in [0.25, 0.3) is 15.5 Å². The van der Waals surface area contributed by atoms with Gasteiger partial charge in [0.25, 0.3) is 5.91 Å². The molecule has 1 aliphatic carbocycles. The molecule has 3 rings (SSSR count). The summed E-state index contributed by atoms with van der Waals surface area (Å²) in [6, 6.07) is 10.1. The van der Waals surface area contributed by atoms with Crippen LogP contribution < -0.4 is 10.7 Å². The van der Waals surface area contributed by atoms with E-state index in [1.54, 1.807) is 6.20 Å². The van der Waals surface area contributed by atoms with E-state index >= 15 is 0 Å². The van der Waals surface area contributed by atoms with E-state index in [0.717, 1.165) is 23.4 Å². The molecule has 6 heteroatoms. The summed E-state index contributed by atoms with van der Waals surface area (Å²) < 4.78 is 0. The molecule has 1 fully saturated rings. The summed E-state index contributed by atoms with van der Waals surface area (Å²) in [5.74, 6) is 0.432. The van der Waals surface area contributed by atoms with E-state index in [1.165, 1.54) is 11.3 Å². The van der Waals surface area contributed by atoms with Crippen LogP contribution in [0.2, 0.25) is 0 Å². The monoisotopic (exact) mass is 312 g/mol. The van der Waals surface area contributed by atoms with Crippen molar-refractivity contribution in [3.63, 3.8) is 0 Å². The minimum Gasteiger partial charge on any atom is -0.349 e. The van der Waals surface area contributed by atoms with Gasteiger partial charge >= 0.3 is 0 Å². The highest BCUT2D eigenvalue weighted by Gasteiger charge is 2.31. The van der Waals surface area contributed by atoms with Crippen molar-refractivity contribution >= 4 is 17.2 Å². The van der Waals surface area contributed by atoms with Crippen molar-refractivity contribution in [2.45, 2.75) is 18.9 Å². The molecule has 22 heavy (non-hydrogen) atoms. The number of hydrogen-bond donors (Lipinski definition) is 2. The first kappa shape index (κ1) is 14.5. The molecule has 1 aliphatic rings. The van der Waals surface area contributed by atoms with Crippen molar-refractivity contribution in [3.05, 3.63) is 52.9 Å². The van der Waals surface area contributed by atoms with Crippen molar-refractivity contribution in [1.29, 1.82) is 0 Å². The first-order chi connectivity index (χ1) is 10.8. The van der Waals surface area contributed by atoms with Gasteiger partial charge in [0.15, 0.2) is 0 Å². The van der Waals surface area contributed by atoms with E-state index in [2.05, 4.69) is 20.7 Å². The molecule has 0 atom stereocenters. The molecule has 1 aromatic carbocycles. The lowest BCUT2D eigenvalue weighted by Gasteiger charge is -2.34. The fourth-order valence-corrected chi connectivity index (χ4v) is 3.37. The molecule has 2 aromatic rings. The molecule has 0 spiro atoms. The maximum atomic E-state index is 12.2. The fraction of sp³-hybridized carbons (Fsp3) is 0.312. The number of amides is 1. The SMILES string of the molecule is [C-]#[N+]NCC1CC(NC(=O)c2cnc(-c3ccccc3)s2)C1. The highest BCUT2D eigenvalue weighted by atomic mass is 32.1. The Morgan fingerprint density at radius 2 is 2.14 bits per heavy atom. The summed E-state index contributed by atoms with van der Waals surface area (Å²) >= 11 is 1.41. The molecule has 0 saturated heterocycles. The van der Waals surface area contributed by atoms with Crippen LogP contribution in [0.5, 0.6) is 0 Å².